The maximum atomic E-state index is 12.3. The van der Waals surface area contributed by atoms with E-state index in [1.807, 2.05) is 24.4 Å². The Kier molecular flexibility index (Phi) is 6.85. The molecule has 0 bridgehead atoms. The molecule has 3 aromatic rings. The number of carbonyl (C=O) groups excluding carboxylic acids is 2. The third kappa shape index (κ3) is 5.79. The van der Waals surface area contributed by atoms with E-state index in [0.29, 0.717) is 40.0 Å². The number of aromatic nitrogens is 1. The van der Waals surface area contributed by atoms with Crippen molar-refractivity contribution in [1.82, 2.24) is 4.98 Å². The number of rotatable bonds is 7. The minimum atomic E-state index is -0.329. The third-order valence-corrected chi connectivity index (χ3v) is 5.02. The van der Waals surface area contributed by atoms with E-state index in [2.05, 4.69) is 10.3 Å². The molecule has 2 aromatic carbocycles. The molecule has 0 fully saturated rings. The quantitative estimate of drug-likeness (QED) is 0.315. The second-order valence-corrected chi connectivity index (χ2v) is 7.66. The Balaban J connectivity index is 1.60. The van der Waals surface area contributed by atoms with Crippen LogP contribution in [-0.2, 0) is 16.0 Å². The van der Waals surface area contributed by atoms with Crippen LogP contribution in [0.5, 0.6) is 5.75 Å². The van der Waals surface area contributed by atoms with Crippen LogP contribution in [0.1, 0.15) is 25.3 Å². The largest absolute Gasteiger partial charge is 0.424 e. The molecule has 1 aromatic heterocycles. The number of esters is 1. The normalized spacial score (nSPS) is 10.6. The molecule has 0 spiro atoms. The van der Waals surface area contributed by atoms with Gasteiger partial charge >= 0.3 is 5.97 Å². The summed E-state index contributed by atoms with van der Waals surface area (Å²) in [4.78, 5) is 28.4. The van der Waals surface area contributed by atoms with Crippen molar-refractivity contribution in [3.63, 3.8) is 0 Å². The van der Waals surface area contributed by atoms with Crippen LogP contribution in [0.4, 0.5) is 10.8 Å². The number of nitrogen functional groups attached to an aromatic ring is 1. The van der Waals surface area contributed by atoms with Gasteiger partial charge in [-0.05, 0) is 36.2 Å². The summed E-state index contributed by atoms with van der Waals surface area (Å²) < 4.78 is 5.21. The van der Waals surface area contributed by atoms with Gasteiger partial charge in [0.25, 0.3) is 0 Å². The highest BCUT2D eigenvalue weighted by atomic mass is 35.5. The van der Waals surface area contributed by atoms with Gasteiger partial charge in [0, 0.05) is 22.4 Å². The van der Waals surface area contributed by atoms with Gasteiger partial charge in [0.05, 0.1) is 17.8 Å². The number of amides is 1. The molecule has 0 saturated heterocycles. The summed E-state index contributed by atoms with van der Waals surface area (Å²) in [6, 6.07) is 12.3. The summed E-state index contributed by atoms with van der Waals surface area (Å²) in [7, 11) is 0. The molecule has 1 heterocycles. The van der Waals surface area contributed by atoms with Gasteiger partial charge in [-0.1, -0.05) is 36.7 Å². The average Bonchev–Trinajstić information content (AvgIpc) is 3.13. The van der Waals surface area contributed by atoms with Crippen molar-refractivity contribution < 1.29 is 14.3 Å². The predicted molar refractivity (Wildman–Crippen MR) is 116 cm³/mol. The van der Waals surface area contributed by atoms with E-state index in [1.165, 1.54) is 11.3 Å². The van der Waals surface area contributed by atoms with Gasteiger partial charge in [-0.2, -0.15) is 0 Å². The van der Waals surface area contributed by atoms with E-state index in [0.717, 1.165) is 11.3 Å². The number of hydrogen-bond donors (Lipinski definition) is 2. The first-order chi connectivity index (χ1) is 13.9. The zero-order valence-corrected chi connectivity index (χ0v) is 17.3. The van der Waals surface area contributed by atoms with E-state index < -0.39 is 0 Å². The molecular weight excluding hydrogens is 410 g/mol. The van der Waals surface area contributed by atoms with Crippen molar-refractivity contribution >= 4 is 45.6 Å². The van der Waals surface area contributed by atoms with Gasteiger partial charge in [0.15, 0.2) is 10.9 Å². The lowest BCUT2D eigenvalue weighted by molar-refractivity contribution is -0.134. The van der Waals surface area contributed by atoms with Crippen LogP contribution >= 0.6 is 22.9 Å². The van der Waals surface area contributed by atoms with Gasteiger partial charge in [0.2, 0.25) is 5.91 Å². The van der Waals surface area contributed by atoms with Crippen LogP contribution in [0.25, 0.3) is 11.3 Å². The standard InChI is InChI=1S/C21H20ClN3O3S/c1-2-3-20(27)28-18-9-4-13(10-16(18)23)11-19(26)25-21-24-17(12-29-21)14-5-7-15(22)8-6-14/h4-10,12H,2-3,11,23H2,1H3,(H,24,25,26). The van der Waals surface area contributed by atoms with E-state index >= 15 is 0 Å². The Morgan fingerprint density at radius 2 is 1.97 bits per heavy atom. The molecule has 3 N–H and O–H groups in total. The number of thiazole rings is 1. The number of ether oxygens (including phenoxy) is 1. The molecule has 0 radical (unpaired) electrons. The highest BCUT2D eigenvalue weighted by Gasteiger charge is 2.12. The van der Waals surface area contributed by atoms with Gasteiger partial charge < -0.3 is 15.8 Å². The number of carbonyl (C=O) groups is 2. The Bertz CT molecular complexity index is 1020. The van der Waals surface area contributed by atoms with Crippen molar-refractivity contribution in [2.24, 2.45) is 0 Å². The molecule has 0 atom stereocenters. The Labute approximate surface area is 177 Å². The fourth-order valence-electron chi connectivity index (χ4n) is 2.61. The topological polar surface area (TPSA) is 94.3 Å². The van der Waals surface area contributed by atoms with Crippen molar-refractivity contribution in [3.05, 3.63) is 58.4 Å². The number of nitrogens with two attached hydrogens (primary N) is 1. The molecule has 0 aliphatic heterocycles. The molecule has 0 aliphatic carbocycles. The first-order valence-corrected chi connectivity index (χ1v) is 10.3. The lowest BCUT2D eigenvalue weighted by Gasteiger charge is -2.09. The minimum absolute atomic E-state index is 0.128. The van der Waals surface area contributed by atoms with Crippen LogP contribution in [0.15, 0.2) is 47.8 Å². The van der Waals surface area contributed by atoms with E-state index in [4.69, 9.17) is 22.1 Å². The van der Waals surface area contributed by atoms with Crippen LogP contribution < -0.4 is 15.8 Å². The Hall–Kier alpha value is -2.90. The molecule has 1 amide bonds. The van der Waals surface area contributed by atoms with Crippen molar-refractivity contribution in [3.8, 4) is 17.0 Å². The number of nitrogens with zero attached hydrogens (tertiary/aromatic N) is 1. The molecule has 0 unspecified atom stereocenters. The maximum Gasteiger partial charge on any atom is 0.311 e. The summed E-state index contributed by atoms with van der Waals surface area (Å²) in [5, 5.41) is 5.83. The smallest absolute Gasteiger partial charge is 0.311 e. The van der Waals surface area contributed by atoms with Gasteiger partial charge in [-0.25, -0.2) is 4.98 Å². The van der Waals surface area contributed by atoms with E-state index in [1.54, 1.807) is 30.3 Å². The van der Waals surface area contributed by atoms with Crippen LogP contribution in [0.2, 0.25) is 5.02 Å². The molecule has 6 nitrogen and oxygen atoms in total. The first-order valence-electron chi connectivity index (χ1n) is 9.05. The fraction of sp³-hybridized carbons (Fsp3) is 0.190. The number of hydrogen-bond acceptors (Lipinski definition) is 6. The fourth-order valence-corrected chi connectivity index (χ4v) is 3.47. The third-order valence-electron chi connectivity index (χ3n) is 4.01. The van der Waals surface area contributed by atoms with Gasteiger partial charge in [-0.3, -0.25) is 9.59 Å². The zero-order chi connectivity index (χ0) is 20.8. The highest BCUT2D eigenvalue weighted by Crippen LogP contribution is 2.27. The molecular formula is C21H20ClN3O3S. The summed E-state index contributed by atoms with van der Waals surface area (Å²) in [6.45, 7) is 1.90. The van der Waals surface area contributed by atoms with Crippen LogP contribution in [0, 0.1) is 0 Å². The monoisotopic (exact) mass is 429 g/mol. The van der Waals surface area contributed by atoms with Crippen LogP contribution in [-0.4, -0.2) is 16.9 Å². The molecule has 8 heteroatoms. The molecule has 150 valence electrons. The summed E-state index contributed by atoms with van der Waals surface area (Å²) in [5.41, 5.74) is 8.67. The predicted octanol–water partition coefficient (Wildman–Crippen LogP) is 4.93. The van der Waals surface area contributed by atoms with Gasteiger partial charge in [-0.15, -0.1) is 11.3 Å². The lowest BCUT2D eigenvalue weighted by Crippen LogP contribution is -2.14. The number of anilines is 2. The molecule has 0 aliphatic rings. The average molecular weight is 430 g/mol. The second kappa shape index (κ2) is 9.54. The van der Waals surface area contributed by atoms with Crippen molar-refractivity contribution in [1.29, 1.82) is 0 Å². The summed E-state index contributed by atoms with van der Waals surface area (Å²) in [5.74, 6) is -0.234. The zero-order valence-electron chi connectivity index (χ0n) is 15.8. The number of halogens is 1. The summed E-state index contributed by atoms with van der Waals surface area (Å²) in [6.07, 6.45) is 1.16. The Morgan fingerprint density at radius 3 is 2.66 bits per heavy atom. The van der Waals surface area contributed by atoms with Crippen molar-refractivity contribution in [2.75, 3.05) is 11.1 Å². The van der Waals surface area contributed by atoms with E-state index in [9.17, 15) is 9.59 Å². The molecule has 0 saturated carbocycles. The minimum Gasteiger partial charge on any atom is -0.424 e. The SMILES string of the molecule is CCCC(=O)Oc1ccc(CC(=O)Nc2nc(-c3ccc(Cl)cc3)cs2)cc1N. The number of benzene rings is 2. The second-order valence-electron chi connectivity index (χ2n) is 6.37. The number of nitrogens with one attached hydrogen (secondary N) is 1. The summed E-state index contributed by atoms with van der Waals surface area (Å²) >= 11 is 7.25. The van der Waals surface area contributed by atoms with Crippen LogP contribution in [0.3, 0.4) is 0 Å². The first kappa shape index (κ1) is 20.8. The Morgan fingerprint density at radius 1 is 1.21 bits per heavy atom. The van der Waals surface area contributed by atoms with Gasteiger partial charge in [0.1, 0.15) is 0 Å². The maximum absolute atomic E-state index is 12.3. The van der Waals surface area contributed by atoms with E-state index in [-0.39, 0.29) is 18.3 Å². The molecule has 3 rings (SSSR count). The molecule has 29 heavy (non-hydrogen) atoms. The highest BCUT2D eigenvalue weighted by molar-refractivity contribution is 7.14. The van der Waals surface area contributed by atoms with Crippen molar-refractivity contribution in [2.45, 2.75) is 26.2 Å². The lowest BCUT2D eigenvalue weighted by atomic mass is 10.1.